The second-order valence-corrected chi connectivity index (χ2v) is 13.0. The van der Waals surface area contributed by atoms with Crippen molar-refractivity contribution in [2.24, 2.45) is 0 Å². The van der Waals surface area contributed by atoms with Gasteiger partial charge in [-0.2, -0.15) is 0 Å². The summed E-state index contributed by atoms with van der Waals surface area (Å²) in [7, 11) is -2.92. The maximum atomic E-state index is 8.42. The van der Waals surface area contributed by atoms with E-state index >= 15 is 0 Å². The third kappa shape index (κ3) is 29.0. The zero-order chi connectivity index (χ0) is 34.0. The lowest BCUT2D eigenvalue weighted by Crippen LogP contribution is -2.56. The van der Waals surface area contributed by atoms with Gasteiger partial charge in [-0.25, -0.2) is 0 Å². The van der Waals surface area contributed by atoms with E-state index in [2.05, 4.69) is 83.1 Å². The van der Waals surface area contributed by atoms with E-state index < -0.39 is 7.32 Å². The van der Waals surface area contributed by atoms with Crippen LogP contribution in [0.25, 0.3) is 0 Å². The quantitative estimate of drug-likeness (QED) is 0.0932. The van der Waals surface area contributed by atoms with Gasteiger partial charge >= 0.3 is 0 Å². The van der Waals surface area contributed by atoms with Gasteiger partial charge in [-0.05, 0) is 77.0 Å². The monoisotopic (exact) mass is 618 g/mol. The Morgan fingerprint density at radius 3 is 0.372 bits per heavy atom. The SMILES string of the molecule is CCC[N+](CCC)(CCC)CCC.CCC[N+](CCC)(CCC)CCC.CCC[N+](CCC)(CCC)CCC.[O-]B([O-])[O-]. The Morgan fingerprint density at radius 1 is 0.256 bits per heavy atom. The number of nitrogens with zero attached hydrogens (tertiary/aromatic N) is 3. The molecular formula is C36H84BN3O3. The van der Waals surface area contributed by atoms with Crippen molar-refractivity contribution in [1.82, 2.24) is 0 Å². The van der Waals surface area contributed by atoms with Gasteiger partial charge < -0.3 is 28.5 Å². The van der Waals surface area contributed by atoms with E-state index in [0.717, 1.165) is 0 Å². The van der Waals surface area contributed by atoms with E-state index in [1.54, 1.807) is 0 Å². The molecule has 43 heavy (non-hydrogen) atoms. The Morgan fingerprint density at radius 2 is 0.326 bits per heavy atom. The summed E-state index contributed by atoms with van der Waals surface area (Å²) in [6.07, 6.45) is 16.0. The van der Waals surface area contributed by atoms with Crippen LogP contribution in [0, 0.1) is 0 Å². The van der Waals surface area contributed by atoms with Crippen molar-refractivity contribution in [2.75, 3.05) is 78.5 Å². The fraction of sp³-hybridized carbons (Fsp3) is 1.00. The van der Waals surface area contributed by atoms with Crippen molar-refractivity contribution in [1.29, 1.82) is 0 Å². The number of quaternary nitrogens is 3. The van der Waals surface area contributed by atoms with Crippen molar-refractivity contribution >= 4 is 7.32 Å². The average Bonchev–Trinajstić information content (AvgIpc) is 2.91. The molecule has 6 nitrogen and oxygen atoms in total. The molecule has 0 saturated carbocycles. The molecule has 7 heteroatoms. The maximum Gasteiger partial charge on any atom is 0.0783 e. The van der Waals surface area contributed by atoms with E-state index in [-0.39, 0.29) is 0 Å². The smallest absolute Gasteiger partial charge is 0.0783 e. The van der Waals surface area contributed by atoms with E-state index in [1.807, 2.05) is 0 Å². The van der Waals surface area contributed by atoms with E-state index in [9.17, 15) is 0 Å². The van der Waals surface area contributed by atoms with Crippen LogP contribution in [-0.2, 0) is 0 Å². The second kappa shape index (κ2) is 34.7. The molecule has 0 aromatic carbocycles. The molecule has 0 atom stereocenters. The molecule has 0 aromatic heterocycles. The first-order valence-corrected chi connectivity index (χ1v) is 19.0. The third-order valence-corrected chi connectivity index (χ3v) is 8.38. The summed E-state index contributed by atoms with van der Waals surface area (Å²) in [6, 6.07) is 0. The molecule has 0 aliphatic rings. The molecule has 0 amide bonds. The Bertz CT molecular complexity index is 366. The lowest BCUT2D eigenvalue weighted by molar-refractivity contribution is -0.928. The van der Waals surface area contributed by atoms with Crippen LogP contribution in [-0.4, -0.2) is 99.3 Å². The second-order valence-electron chi connectivity index (χ2n) is 13.0. The van der Waals surface area contributed by atoms with E-state index in [1.165, 1.54) is 169 Å². The first-order valence-electron chi connectivity index (χ1n) is 19.0. The molecule has 0 unspecified atom stereocenters. The zero-order valence-electron chi connectivity index (χ0n) is 32.1. The van der Waals surface area contributed by atoms with Crippen molar-refractivity contribution in [3.63, 3.8) is 0 Å². The van der Waals surface area contributed by atoms with Crippen molar-refractivity contribution in [2.45, 2.75) is 160 Å². The molecule has 0 aromatic rings. The highest BCUT2D eigenvalue weighted by molar-refractivity contribution is 6.24. The largest absolute Gasteiger partial charge is 0.907 e. The lowest BCUT2D eigenvalue weighted by Gasteiger charge is -2.38. The number of rotatable bonds is 24. The van der Waals surface area contributed by atoms with Crippen LogP contribution in [0.2, 0.25) is 0 Å². The van der Waals surface area contributed by atoms with Crippen LogP contribution >= 0.6 is 0 Å². The summed E-state index contributed by atoms with van der Waals surface area (Å²) in [5.74, 6) is 0. The highest BCUT2D eigenvalue weighted by Crippen LogP contribution is 2.14. The van der Waals surface area contributed by atoms with Crippen molar-refractivity contribution in [3.8, 4) is 0 Å². The maximum absolute atomic E-state index is 8.42. The Balaban J connectivity index is -0.000000249. The highest BCUT2D eigenvalue weighted by atomic mass is 16.5. The molecule has 0 heterocycles. The summed E-state index contributed by atoms with van der Waals surface area (Å²) in [5, 5.41) is 25.2. The zero-order valence-corrected chi connectivity index (χ0v) is 32.1. The van der Waals surface area contributed by atoms with Gasteiger partial charge in [0.1, 0.15) is 0 Å². The molecular weight excluding hydrogens is 533 g/mol. The standard InChI is InChI=1S/3C12H28N.BO3/c3*1-5-9-13(10-6-2,11-7-3)12-8-4;2-1(3)4/h3*5-12H2,1-4H3;/q3*+1;-3. The molecule has 0 radical (unpaired) electrons. The van der Waals surface area contributed by atoms with Crippen LogP contribution in [0.3, 0.4) is 0 Å². The molecule has 0 fully saturated rings. The fourth-order valence-electron chi connectivity index (χ4n) is 7.70. The first-order chi connectivity index (χ1) is 20.5. The summed E-state index contributed by atoms with van der Waals surface area (Å²) in [6.45, 7) is 44.4. The van der Waals surface area contributed by atoms with Gasteiger partial charge in [0.15, 0.2) is 0 Å². The van der Waals surface area contributed by atoms with Crippen molar-refractivity contribution < 1.29 is 28.5 Å². The van der Waals surface area contributed by atoms with Gasteiger partial charge in [0.25, 0.3) is 0 Å². The van der Waals surface area contributed by atoms with Crippen LogP contribution < -0.4 is 15.1 Å². The van der Waals surface area contributed by atoms with E-state index in [0.29, 0.717) is 0 Å². The fourth-order valence-corrected chi connectivity index (χ4v) is 7.70. The summed E-state index contributed by atoms with van der Waals surface area (Å²) in [4.78, 5) is 0. The highest BCUT2D eigenvalue weighted by Gasteiger charge is 2.24. The first kappa shape index (κ1) is 49.7. The summed E-state index contributed by atoms with van der Waals surface area (Å²) >= 11 is 0. The van der Waals surface area contributed by atoms with Gasteiger partial charge in [0.05, 0.1) is 78.5 Å². The molecule has 0 aliphatic heterocycles. The molecule has 0 N–H and O–H groups in total. The van der Waals surface area contributed by atoms with Gasteiger partial charge in [-0.3, -0.25) is 7.32 Å². The van der Waals surface area contributed by atoms with Gasteiger partial charge in [-0.1, -0.05) is 83.1 Å². The average molecular weight is 618 g/mol. The van der Waals surface area contributed by atoms with Crippen LogP contribution in [0.1, 0.15) is 160 Å². The lowest BCUT2D eigenvalue weighted by atomic mass is 10.2. The van der Waals surface area contributed by atoms with Gasteiger partial charge in [-0.15, -0.1) is 0 Å². The molecule has 0 aliphatic carbocycles. The van der Waals surface area contributed by atoms with Crippen LogP contribution in [0.5, 0.6) is 0 Å². The minimum atomic E-state index is -2.92. The van der Waals surface area contributed by atoms with Crippen LogP contribution in [0.4, 0.5) is 0 Å². The van der Waals surface area contributed by atoms with Crippen LogP contribution in [0.15, 0.2) is 0 Å². The minimum absolute atomic E-state index is 1.33. The molecule has 0 saturated heterocycles. The normalized spacial score (nSPS) is 11.5. The van der Waals surface area contributed by atoms with Gasteiger partial charge in [0.2, 0.25) is 0 Å². The molecule has 264 valence electrons. The Kier molecular flexibility index (Phi) is 40.1. The molecule has 0 bridgehead atoms. The number of hydrogen-bond donors (Lipinski definition) is 0. The number of hydrogen-bond acceptors (Lipinski definition) is 3. The predicted octanol–water partition coefficient (Wildman–Crippen LogP) is 6.38. The molecule has 0 spiro atoms. The van der Waals surface area contributed by atoms with Gasteiger partial charge in [0, 0.05) is 0 Å². The third-order valence-electron chi connectivity index (χ3n) is 8.38. The topological polar surface area (TPSA) is 69.2 Å². The minimum Gasteiger partial charge on any atom is -0.907 e. The Labute approximate surface area is 274 Å². The summed E-state index contributed by atoms with van der Waals surface area (Å²) < 4.78 is 4.12. The summed E-state index contributed by atoms with van der Waals surface area (Å²) in [5.41, 5.74) is 0. The Hall–Kier alpha value is -0.175. The van der Waals surface area contributed by atoms with Crippen molar-refractivity contribution in [3.05, 3.63) is 0 Å². The predicted molar refractivity (Wildman–Crippen MR) is 188 cm³/mol. The van der Waals surface area contributed by atoms with E-state index in [4.69, 9.17) is 15.1 Å². The molecule has 0 rings (SSSR count).